The number of carbonyl (C=O) groups is 2. The lowest BCUT2D eigenvalue weighted by molar-refractivity contribution is -0.137. The highest BCUT2D eigenvalue weighted by Crippen LogP contribution is 2.31. The molecule has 0 unspecified atom stereocenters. The fourth-order valence-electron chi connectivity index (χ4n) is 2.54. The predicted octanol–water partition coefficient (Wildman–Crippen LogP) is 1.61. The molecule has 0 spiro atoms. The van der Waals surface area contributed by atoms with Crippen molar-refractivity contribution in [3.63, 3.8) is 0 Å². The zero-order valence-electron chi connectivity index (χ0n) is 11.1. The van der Waals surface area contributed by atoms with Gasteiger partial charge in [-0.2, -0.15) is 5.10 Å². The summed E-state index contributed by atoms with van der Waals surface area (Å²) in [6.45, 7) is -0.315. The molecule has 0 saturated heterocycles. The van der Waals surface area contributed by atoms with Crippen molar-refractivity contribution in [1.82, 2.24) is 15.1 Å². The van der Waals surface area contributed by atoms with E-state index in [2.05, 4.69) is 10.2 Å². The summed E-state index contributed by atoms with van der Waals surface area (Å²) in [5, 5.41) is 15.6. The molecule has 1 saturated carbocycles. The molecule has 104 valence electrons. The Hall–Kier alpha value is -1.85. The monoisotopic (exact) mass is 265 g/mol. The smallest absolute Gasteiger partial charge is 0.323 e. The Labute approximate surface area is 111 Å². The molecule has 6 nitrogen and oxygen atoms in total. The summed E-state index contributed by atoms with van der Waals surface area (Å²) in [5.41, 5.74) is 1.29. The highest BCUT2D eigenvalue weighted by atomic mass is 16.4. The highest BCUT2D eigenvalue weighted by molar-refractivity contribution is 5.94. The van der Waals surface area contributed by atoms with Crippen molar-refractivity contribution in [2.45, 2.75) is 38.0 Å². The minimum Gasteiger partial charge on any atom is -0.480 e. The number of likely N-dealkylation sites (N-methyl/N-ethyl adjacent to an activating group) is 1. The van der Waals surface area contributed by atoms with Gasteiger partial charge in [-0.05, 0) is 18.9 Å². The molecule has 0 bridgehead atoms. The van der Waals surface area contributed by atoms with Gasteiger partial charge in [-0.25, -0.2) is 0 Å². The second-order valence-electron chi connectivity index (χ2n) is 5.10. The van der Waals surface area contributed by atoms with Crippen molar-refractivity contribution >= 4 is 11.9 Å². The van der Waals surface area contributed by atoms with Gasteiger partial charge in [-0.1, -0.05) is 19.3 Å². The van der Waals surface area contributed by atoms with Gasteiger partial charge in [0.05, 0.1) is 0 Å². The first-order chi connectivity index (χ1) is 9.08. The number of carboxylic acid groups (broad SMARTS) is 1. The number of nitrogens with one attached hydrogen (secondary N) is 1. The van der Waals surface area contributed by atoms with E-state index >= 15 is 0 Å². The third-order valence-corrected chi connectivity index (χ3v) is 3.58. The van der Waals surface area contributed by atoms with E-state index in [4.69, 9.17) is 5.11 Å². The van der Waals surface area contributed by atoms with E-state index in [0.29, 0.717) is 11.6 Å². The van der Waals surface area contributed by atoms with E-state index in [1.165, 1.54) is 26.3 Å². The van der Waals surface area contributed by atoms with E-state index < -0.39 is 5.97 Å². The average molecular weight is 265 g/mol. The van der Waals surface area contributed by atoms with Crippen LogP contribution >= 0.6 is 0 Å². The SMILES string of the molecule is CN(CC(=O)O)C(=O)c1cc(C2CCCCC2)[nH]n1. The lowest BCUT2D eigenvalue weighted by Crippen LogP contribution is -2.32. The molecule has 1 aromatic rings. The Morgan fingerprint density at radius 1 is 1.42 bits per heavy atom. The second-order valence-corrected chi connectivity index (χ2v) is 5.10. The summed E-state index contributed by atoms with van der Waals surface area (Å²) in [5.74, 6) is -0.938. The first kappa shape index (κ1) is 13.6. The minimum atomic E-state index is -1.03. The van der Waals surface area contributed by atoms with Gasteiger partial charge in [0.1, 0.15) is 12.2 Å². The molecule has 1 fully saturated rings. The molecule has 1 heterocycles. The lowest BCUT2D eigenvalue weighted by Gasteiger charge is -2.19. The van der Waals surface area contributed by atoms with Crippen LogP contribution in [0.2, 0.25) is 0 Å². The number of carbonyl (C=O) groups excluding carboxylic acids is 1. The molecule has 2 rings (SSSR count). The predicted molar refractivity (Wildman–Crippen MR) is 69.0 cm³/mol. The first-order valence-corrected chi connectivity index (χ1v) is 6.60. The van der Waals surface area contributed by atoms with Crippen molar-refractivity contribution < 1.29 is 14.7 Å². The van der Waals surface area contributed by atoms with E-state index in [-0.39, 0.29) is 12.5 Å². The number of aromatic nitrogens is 2. The molecular formula is C13H19N3O3. The Balaban J connectivity index is 2.03. The van der Waals surface area contributed by atoms with Gasteiger partial charge in [0, 0.05) is 18.7 Å². The van der Waals surface area contributed by atoms with Gasteiger partial charge in [-0.15, -0.1) is 0 Å². The van der Waals surface area contributed by atoms with Crippen LogP contribution in [0.15, 0.2) is 6.07 Å². The van der Waals surface area contributed by atoms with Gasteiger partial charge in [-0.3, -0.25) is 14.7 Å². The van der Waals surface area contributed by atoms with Crippen molar-refractivity contribution in [1.29, 1.82) is 0 Å². The van der Waals surface area contributed by atoms with Crippen molar-refractivity contribution in [2.24, 2.45) is 0 Å². The van der Waals surface area contributed by atoms with Crippen LogP contribution in [0, 0.1) is 0 Å². The maximum Gasteiger partial charge on any atom is 0.323 e. The number of rotatable bonds is 4. The van der Waals surface area contributed by atoms with Gasteiger partial charge in [0.15, 0.2) is 0 Å². The van der Waals surface area contributed by atoms with Crippen molar-refractivity contribution in [3.05, 3.63) is 17.5 Å². The molecular weight excluding hydrogens is 246 g/mol. The average Bonchev–Trinajstić information content (AvgIpc) is 2.87. The van der Waals surface area contributed by atoms with Crippen LogP contribution in [-0.4, -0.2) is 45.7 Å². The Morgan fingerprint density at radius 3 is 2.74 bits per heavy atom. The molecule has 0 atom stereocenters. The van der Waals surface area contributed by atoms with E-state index in [1.54, 1.807) is 6.07 Å². The summed E-state index contributed by atoms with van der Waals surface area (Å²) in [7, 11) is 1.46. The van der Waals surface area contributed by atoms with Gasteiger partial charge < -0.3 is 10.0 Å². The first-order valence-electron chi connectivity index (χ1n) is 6.60. The van der Waals surface area contributed by atoms with Crippen molar-refractivity contribution in [3.8, 4) is 0 Å². The number of aromatic amines is 1. The summed E-state index contributed by atoms with van der Waals surface area (Å²) in [6, 6.07) is 1.76. The molecule has 19 heavy (non-hydrogen) atoms. The number of carboxylic acids is 1. The quantitative estimate of drug-likeness (QED) is 0.866. The third-order valence-electron chi connectivity index (χ3n) is 3.58. The van der Waals surface area contributed by atoms with E-state index in [9.17, 15) is 9.59 Å². The Morgan fingerprint density at radius 2 is 2.11 bits per heavy atom. The maximum atomic E-state index is 12.0. The molecule has 1 amide bonds. The van der Waals surface area contributed by atoms with Crippen LogP contribution in [0.25, 0.3) is 0 Å². The fourth-order valence-corrected chi connectivity index (χ4v) is 2.54. The summed E-state index contributed by atoms with van der Waals surface area (Å²) >= 11 is 0. The lowest BCUT2D eigenvalue weighted by atomic mass is 9.87. The zero-order valence-corrected chi connectivity index (χ0v) is 11.1. The van der Waals surface area contributed by atoms with E-state index in [1.807, 2.05) is 0 Å². The van der Waals surface area contributed by atoms with Crippen LogP contribution in [0.4, 0.5) is 0 Å². The van der Waals surface area contributed by atoms with Crippen LogP contribution in [-0.2, 0) is 4.79 Å². The van der Waals surface area contributed by atoms with Gasteiger partial charge in [0.2, 0.25) is 0 Å². The highest BCUT2D eigenvalue weighted by Gasteiger charge is 2.21. The summed E-state index contributed by atoms with van der Waals surface area (Å²) in [4.78, 5) is 23.7. The largest absolute Gasteiger partial charge is 0.480 e. The number of hydrogen-bond donors (Lipinski definition) is 2. The Bertz CT molecular complexity index is 463. The molecule has 1 aliphatic carbocycles. The summed E-state index contributed by atoms with van der Waals surface area (Å²) < 4.78 is 0. The maximum absolute atomic E-state index is 12.0. The molecule has 1 aromatic heterocycles. The van der Waals surface area contributed by atoms with Crippen molar-refractivity contribution in [2.75, 3.05) is 13.6 Å². The second kappa shape index (κ2) is 5.86. The zero-order chi connectivity index (χ0) is 13.8. The number of aliphatic carboxylic acids is 1. The molecule has 2 N–H and O–H groups in total. The molecule has 0 radical (unpaired) electrons. The van der Waals surface area contributed by atoms with Gasteiger partial charge in [0.25, 0.3) is 5.91 Å². The van der Waals surface area contributed by atoms with Crippen LogP contribution < -0.4 is 0 Å². The fraction of sp³-hybridized carbons (Fsp3) is 0.615. The molecule has 0 aromatic carbocycles. The molecule has 0 aliphatic heterocycles. The van der Waals surface area contributed by atoms with Crippen LogP contribution in [0.1, 0.15) is 54.2 Å². The third kappa shape index (κ3) is 3.33. The van der Waals surface area contributed by atoms with Gasteiger partial charge >= 0.3 is 5.97 Å². The van der Waals surface area contributed by atoms with Crippen LogP contribution in [0.5, 0.6) is 0 Å². The topological polar surface area (TPSA) is 86.3 Å². The van der Waals surface area contributed by atoms with E-state index in [0.717, 1.165) is 23.4 Å². The van der Waals surface area contributed by atoms with Crippen LogP contribution in [0.3, 0.4) is 0 Å². The minimum absolute atomic E-state index is 0.296. The number of amides is 1. The molecule has 6 heteroatoms. The normalized spacial score (nSPS) is 16.3. The standard InChI is InChI=1S/C13H19N3O3/c1-16(8-12(17)18)13(19)11-7-10(14-15-11)9-5-3-2-4-6-9/h7,9H,2-6,8H2,1H3,(H,14,15)(H,17,18). The molecule has 1 aliphatic rings. The number of nitrogens with zero attached hydrogens (tertiary/aromatic N) is 2. The summed E-state index contributed by atoms with van der Waals surface area (Å²) in [6.07, 6.45) is 5.96. The number of H-pyrrole nitrogens is 1. The number of hydrogen-bond acceptors (Lipinski definition) is 3. The Kier molecular flexibility index (Phi) is 4.19.